The second-order valence-corrected chi connectivity index (χ2v) is 3.82. The molecule has 0 spiro atoms. The zero-order chi connectivity index (χ0) is 10.4. The molecule has 0 fully saturated rings. The average molecular weight is 185 g/mol. The summed E-state index contributed by atoms with van der Waals surface area (Å²) < 4.78 is 0. The summed E-state index contributed by atoms with van der Waals surface area (Å²) in [6, 6.07) is 0. The first-order chi connectivity index (χ1) is 5.95. The molecule has 0 heterocycles. The van der Waals surface area contributed by atoms with E-state index in [-0.39, 0.29) is 11.7 Å². The van der Waals surface area contributed by atoms with Crippen molar-refractivity contribution in [1.82, 2.24) is 4.90 Å². The van der Waals surface area contributed by atoms with Gasteiger partial charge in [0.05, 0.1) is 0 Å². The fourth-order valence-corrected chi connectivity index (χ4v) is 1.11. The molecule has 0 rings (SSSR count). The topological polar surface area (TPSA) is 37.4 Å². The Balaban J connectivity index is 3.68. The SMILES string of the molecule is CC(=O)C(=O)N(C)CCCC(C)C. The maximum Gasteiger partial charge on any atom is 0.289 e. The monoisotopic (exact) mass is 185 g/mol. The Hall–Kier alpha value is -0.860. The normalized spacial score (nSPS) is 10.2. The van der Waals surface area contributed by atoms with Crippen LogP contribution in [-0.2, 0) is 9.59 Å². The Labute approximate surface area is 80.1 Å². The average Bonchev–Trinajstić information content (AvgIpc) is 2.02. The number of nitrogens with zero attached hydrogens (tertiary/aromatic N) is 1. The number of likely N-dealkylation sites (N-methyl/N-ethyl adjacent to an activating group) is 1. The van der Waals surface area contributed by atoms with Crippen LogP contribution in [0.4, 0.5) is 0 Å². The lowest BCUT2D eigenvalue weighted by molar-refractivity contribution is -0.142. The van der Waals surface area contributed by atoms with Gasteiger partial charge in [-0.1, -0.05) is 13.8 Å². The van der Waals surface area contributed by atoms with Crippen molar-refractivity contribution < 1.29 is 9.59 Å². The van der Waals surface area contributed by atoms with Crippen LogP contribution in [0.5, 0.6) is 0 Å². The molecule has 0 saturated carbocycles. The highest BCUT2D eigenvalue weighted by Crippen LogP contribution is 2.04. The summed E-state index contributed by atoms with van der Waals surface area (Å²) >= 11 is 0. The first kappa shape index (κ1) is 12.1. The Kier molecular flexibility index (Phi) is 5.35. The van der Waals surface area contributed by atoms with Gasteiger partial charge >= 0.3 is 0 Å². The predicted molar refractivity (Wildman–Crippen MR) is 52.4 cm³/mol. The maximum absolute atomic E-state index is 11.1. The molecule has 0 unspecified atom stereocenters. The number of hydrogen-bond donors (Lipinski definition) is 0. The van der Waals surface area contributed by atoms with Crippen molar-refractivity contribution in [3.8, 4) is 0 Å². The molecule has 0 bridgehead atoms. The van der Waals surface area contributed by atoms with Gasteiger partial charge in [0.25, 0.3) is 5.91 Å². The van der Waals surface area contributed by atoms with E-state index in [0.717, 1.165) is 12.8 Å². The van der Waals surface area contributed by atoms with Crippen LogP contribution in [0.2, 0.25) is 0 Å². The fourth-order valence-electron chi connectivity index (χ4n) is 1.11. The third-order valence-electron chi connectivity index (χ3n) is 1.92. The second-order valence-electron chi connectivity index (χ2n) is 3.82. The van der Waals surface area contributed by atoms with Gasteiger partial charge in [-0.05, 0) is 18.8 Å². The lowest BCUT2D eigenvalue weighted by Gasteiger charge is -2.15. The van der Waals surface area contributed by atoms with E-state index in [2.05, 4.69) is 13.8 Å². The van der Waals surface area contributed by atoms with Gasteiger partial charge in [0.15, 0.2) is 0 Å². The molecule has 0 saturated heterocycles. The number of amides is 1. The van der Waals surface area contributed by atoms with Crippen LogP contribution in [0.3, 0.4) is 0 Å². The van der Waals surface area contributed by atoms with E-state index in [0.29, 0.717) is 12.5 Å². The molecule has 0 atom stereocenters. The molecule has 0 aliphatic rings. The van der Waals surface area contributed by atoms with Crippen LogP contribution in [0.25, 0.3) is 0 Å². The molecule has 0 aromatic rings. The van der Waals surface area contributed by atoms with Crippen molar-refractivity contribution in [2.24, 2.45) is 5.92 Å². The Morgan fingerprint density at radius 3 is 2.23 bits per heavy atom. The number of carbonyl (C=O) groups excluding carboxylic acids is 2. The van der Waals surface area contributed by atoms with Crippen molar-refractivity contribution in [3.05, 3.63) is 0 Å². The van der Waals surface area contributed by atoms with E-state index in [4.69, 9.17) is 0 Å². The Morgan fingerprint density at radius 2 is 1.85 bits per heavy atom. The van der Waals surface area contributed by atoms with E-state index < -0.39 is 0 Å². The van der Waals surface area contributed by atoms with Crippen molar-refractivity contribution >= 4 is 11.7 Å². The minimum atomic E-state index is -0.385. The molecule has 0 aliphatic heterocycles. The van der Waals surface area contributed by atoms with Gasteiger partial charge in [-0.15, -0.1) is 0 Å². The maximum atomic E-state index is 11.1. The van der Waals surface area contributed by atoms with E-state index in [1.54, 1.807) is 7.05 Å². The smallest absolute Gasteiger partial charge is 0.289 e. The van der Waals surface area contributed by atoms with Crippen molar-refractivity contribution in [3.63, 3.8) is 0 Å². The summed E-state index contributed by atoms with van der Waals surface area (Å²) in [6.07, 6.45) is 2.06. The number of Topliss-reactive ketones (excluding diaryl/α,β-unsaturated/α-hetero) is 1. The Bertz CT molecular complexity index is 187. The molecule has 0 aliphatic carbocycles. The van der Waals surface area contributed by atoms with Gasteiger partial charge in [-0.25, -0.2) is 0 Å². The Morgan fingerprint density at radius 1 is 1.31 bits per heavy atom. The van der Waals surface area contributed by atoms with E-state index >= 15 is 0 Å². The minimum absolute atomic E-state index is 0.382. The molecular formula is C10H19NO2. The molecular weight excluding hydrogens is 166 g/mol. The lowest BCUT2D eigenvalue weighted by Crippen LogP contribution is -2.32. The van der Waals surface area contributed by atoms with E-state index in [1.165, 1.54) is 11.8 Å². The predicted octanol–water partition coefficient (Wildman–Crippen LogP) is 1.47. The van der Waals surface area contributed by atoms with Crippen LogP contribution in [-0.4, -0.2) is 30.2 Å². The quantitative estimate of drug-likeness (QED) is 0.608. The first-order valence-corrected chi connectivity index (χ1v) is 4.71. The zero-order valence-electron chi connectivity index (χ0n) is 8.96. The molecule has 0 radical (unpaired) electrons. The van der Waals surface area contributed by atoms with Crippen LogP contribution >= 0.6 is 0 Å². The van der Waals surface area contributed by atoms with Gasteiger partial charge in [0, 0.05) is 20.5 Å². The van der Waals surface area contributed by atoms with Gasteiger partial charge in [0.1, 0.15) is 0 Å². The van der Waals surface area contributed by atoms with Crippen molar-refractivity contribution in [2.75, 3.05) is 13.6 Å². The van der Waals surface area contributed by atoms with Crippen molar-refractivity contribution in [2.45, 2.75) is 33.6 Å². The zero-order valence-corrected chi connectivity index (χ0v) is 8.96. The third kappa shape index (κ3) is 5.39. The summed E-state index contributed by atoms with van der Waals surface area (Å²) in [6.45, 7) is 6.28. The molecule has 76 valence electrons. The molecule has 0 N–H and O–H groups in total. The molecule has 1 amide bonds. The highest BCUT2D eigenvalue weighted by atomic mass is 16.2. The summed E-state index contributed by atoms with van der Waals surface area (Å²) in [5, 5.41) is 0. The van der Waals surface area contributed by atoms with Gasteiger partial charge in [-0.3, -0.25) is 9.59 Å². The lowest BCUT2D eigenvalue weighted by atomic mass is 10.1. The minimum Gasteiger partial charge on any atom is -0.339 e. The summed E-state index contributed by atoms with van der Waals surface area (Å²) in [5.74, 6) is -0.114. The molecule has 13 heavy (non-hydrogen) atoms. The standard InChI is InChI=1S/C10H19NO2/c1-8(2)6-5-7-11(4)10(13)9(3)12/h8H,5-7H2,1-4H3. The first-order valence-electron chi connectivity index (χ1n) is 4.71. The highest BCUT2D eigenvalue weighted by Gasteiger charge is 2.12. The van der Waals surface area contributed by atoms with Gasteiger partial charge in [0.2, 0.25) is 5.78 Å². The highest BCUT2D eigenvalue weighted by molar-refractivity contribution is 6.34. The molecule has 3 heteroatoms. The van der Waals surface area contributed by atoms with Crippen LogP contribution in [0.15, 0.2) is 0 Å². The number of rotatable bonds is 5. The summed E-state index contributed by atoms with van der Waals surface area (Å²) in [7, 11) is 1.67. The fraction of sp³-hybridized carbons (Fsp3) is 0.800. The molecule has 0 aromatic heterocycles. The summed E-state index contributed by atoms with van der Waals surface area (Å²) in [4.78, 5) is 23.3. The van der Waals surface area contributed by atoms with Gasteiger partial charge < -0.3 is 4.90 Å². The van der Waals surface area contributed by atoms with Crippen LogP contribution in [0.1, 0.15) is 33.6 Å². The number of hydrogen-bond acceptors (Lipinski definition) is 2. The van der Waals surface area contributed by atoms with Crippen LogP contribution in [0, 0.1) is 5.92 Å². The molecule has 0 aromatic carbocycles. The van der Waals surface area contributed by atoms with Gasteiger partial charge in [-0.2, -0.15) is 0 Å². The van der Waals surface area contributed by atoms with Crippen LogP contribution < -0.4 is 0 Å². The second kappa shape index (κ2) is 5.73. The largest absolute Gasteiger partial charge is 0.339 e. The number of carbonyl (C=O) groups is 2. The summed E-state index contributed by atoms with van der Waals surface area (Å²) in [5.41, 5.74) is 0. The van der Waals surface area contributed by atoms with Crippen molar-refractivity contribution in [1.29, 1.82) is 0 Å². The molecule has 3 nitrogen and oxygen atoms in total. The van der Waals surface area contributed by atoms with E-state index in [9.17, 15) is 9.59 Å². The van der Waals surface area contributed by atoms with E-state index in [1.807, 2.05) is 0 Å². The third-order valence-corrected chi connectivity index (χ3v) is 1.92. The number of ketones is 1.